The lowest BCUT2D eigenvalue weighted by molar-refractivity contribution is -0.146. The Kier molecular flexibility index (Phi) is 1.53. The number of Topliss-reactive ketones (excluding diaryl/α,β-unsaturated/α-hetero) is 2. The Labute approximate surface area is 78.7 Å². The molecule has 0 aromatic rings. The molecule has 0 radical (unpaired) electrons. The average molecular weight is 180 g/mol. The highest BCUT2D eigenvalue weighted by Gasteiger charge is 2.60. The van der Waals surface area contributed by atoms with Gasteiger partial charge in [-0.25, -0.2) is 0 Å². The molecule has 2 fully saturated rings. The number of carbonyl (C=O) groups excluding carboxylic acids is 2. The Balaban J connectivity index is 2.51. The van der Waals surface area contributed by atoms with Crippen LogP contribution in [0.4, 0.5) is 0 Å². The van der Waals surface area contributed by atoms with Gasteiger partial charge in [0.2, 0.25) is 0 Å². The molecule has 0 heterocycles. The Morgan fingerprint density at radius 2 is 1.85 bits per heavy atom. The van der Waals surface area contributed by atoms with Crippen LogP contribution in [-0.2, 0) is 9.59 Å². The first-order valence-electron chi connectivity index (χ1n) is 4.95. The van der Waals surface area contributed by atoms with Gasteiger partial charge in [-0.1, -0.05) is 20.8 Å². The van der Waals surface area contributed by atoms with Gasteiger partial charge in [-0.2, -0.15) is 0 Å². The number of fused-ring (bicyclic) bond motifs is 2. The predicted molar refractivity (Wildman–Crippen MR) is 49.2 cm³/mol. The Hall–Kier alpha value is -0.660. The van der Waals surface area contributed by atoms with Gasteiger partial charge < -0.3 is 0 Å². The van der Waals surface area contributed by atoms with Crippen LogP contribution in [0.3, 0.4) is 0 Å². The quantitative estimate of drug-likeness (QED) is 0.534. The first-order chi connectivity index (χ1) is 5.89. The Morgan fingerprint density at radius 1 is 1.23 bits per heavy atom. The summed E-state index contributed by atoms with van der Waals surface area (Å²) in [7, 11) is 0. The monoisotopic (exact) mass is 180 g/mol. The standard InChI is InChI=1S/C11H16O2/c1-10(2)7-4-5-11(10,3)9(13)6-8(7)12/h7H,4-6H2,1-3H3/t7-,11+/m1/s1. The second-order valence-electron chi connectivity index (χ2n) is 5.21. The normalized spacial score (nSPS) is 42.5. The molecule has 2 aliphatic rings. The molecule has 2 rings (SSSR count). The van der Waals surface area contributed by atoms with E-state index < -0.39 is 0 Å². The maximum Gasteiger partial charge on any atom is 0.146 e. The summed E-state index contributed by atoms with van der Waals surface area (Å²) < 4.78 is 0. The van der Waals surface area contributed by atoms with Gasteiger partial charge in [-0.15, -0.1) is 0 Å². The molecule has 2 bridgehead atoms. The summed E-state index contributed by atoms with van der Waals surface area (Å²) >= 11 is 0. The number of rotatable bonds is 0. The van der Waals surface area contributed by atoms with E-state index in [4.69, 9.17) is 0 Å². The van der Waals surface area contributed by atoms with Crippen LogP contribution in [0.1, 0.15) is 40.0 Å². The molecule has 0 amide bonds. The molecule has 13 heavy (non-hydrogen) atoms. The first kappa shape index (κ1) is 8.92. The predicted octanol–water partition coefficient (Wildman–Crippen LogP) is 1.97. The SMILES string of the molecule is CC1(C)[C@@H]2CC[C@@]1(C)C(=O)CC2=O. The summed E-state index contributed by atoms with van der Waals surface area (Å²) in [4.78, 5) is 23.4. The lowest BCUT2D eigenvalue weighted by Crippen LogP contribution is -2.48. The largest absolute Gasteiger partial charge is 0.299 e. The molecule has 0 spiro atoms. The van der Waals surface area contributed by atoms with Crippen LogP contribution in [0.2, 0.25) is 0 Å². The van der Waals surface area contributed by atoms with Gasteiger partial charge in [0.05, 0.1) is 6.42 Å². The molecule has 2 saturated carbocycles. The molecule has 72 valence electrons. The van der Waals surface area contributed by atoms with E-state index in [-0.39, 0.29) is 34.7 Å². The lowest BCUT2D eigenvalue weighted by atomic mass is 9.58. The minimum absolute atomic E-state index is 0.112. The molecule has 0 aliphatic heterocycles. The van der Waals surface area contributed by atoms with Crippen LogP contribution in [0, 0.1) is 16.7 Å². The van der Waals surface area contributed by atoms with Gasteiger partial charge in [-0.3, -0.25) is 9.59 Å². The molecule has 2 atom stereocenters. The van der Waals surface area contributed by atoms with Gasteiger partial charge in [0.1, 0.15) is 11.6 Å². The third-order valence-electron chi connectivity index (χ3n) is 4.57. The highest BCUT2D eigenvalue weighted by atomic mass is 16.2. The van der Waals surface area contributed by atoms with Crippen molar-refractivity contribution in [2.24, 2.45) is 16.7 Å². The second kappa shape index (κ2) is 2.23. The number of carbonyl (C=O) groups is 2. The highest BCUT2D eigenvalue weighted by molar-refractivity contribution is 6.07. The zero-order valence-corrected chi connectivity index (χ0v) is 8.52. The molecule has 0 aromatic carbocycles. The van der Waals surface area contributed by atoms with E-state index >= 15 is 0 Å². The van der Waals surface area contributed by atoms with Crippen LogP contribution in [0.15, 0.2) is 0 Å². The summed E-state index contributed by atoms with van der Waals surface area (Å²) in [5.74, 6) is 0.469. The summed E-state index contributed by atoms with van der Waals surface area (Å²) in [6, 6.07) is 0. The van der Waals surface area contributed by atoms with E-state index in [1.54, 1.807) is 0 Å². The van der Waals surface area contributed by atoms with Gasteiger partial charge in [0, 0.05) is 11.3 Å². The van der Waals surface area contributed by atoms with E-state index in [0.29, 0.717) is 0 Å². The van der Waals surface area contributed by atoms with Crippen molar-refractivity contribution in [3.63, 3.8) is 0 Å². The van der Waals surface area contributed by atoms with Crippen molar-refractivity contribution in [1.82, 2.24) is 0 Å². The minimum Gasteiger partial charge on any atom is -0.299 e. The summed E-state index contributed by atoms with van der Waals surface area (Å²) in [6.45, 7) is 6.17. The van der Waals surface area contributed by atoms with Crippen LogP contribution in [0.25, 0.3) is 0 Å². The summed E-state index contributed by atoms with van der Waals surface area (Å²) in [5.41, 5.74) is -0.342. The van der Waals surface area contributed by atoms with Crippen LogP contribution in [-0.4, -0.2) is 11.6 Å². The first-order valence-corrected chi connectivity index (χ1v) is 4.95. The number of ketones is 2. The lowest BCUT2D eigenvalue weighted by Gasteiger charge is -2.43. The van der Waals surface area contributed by atoms with Crippen LogP contribution in [0.5, 0.6) is 0 Å². The molecule has 2 nitrogen and oxygen atoms in total. The second-order valence-corrected chi connectivity index (χ2v) is 5.21. The molecule has 0 aromatic heterocycles. The zero-order valence-electron chi connectivity index (χ0n) is 8.52. The van der Waals surface area contributed by atoms with E-state index in [0.717, 1.165) is 12.8 Å². The van der Waals surface area contributed by atoms with Crippen molar-refractivity contribution in [2.75, 3.05) is 0 Å². The van der Waals surface area contributed by atoms with Gasteiger partial charge in [-0.05, 0) is 18.3 Å². The van der Waals surface area contributed by atoms with E-state index in [2.05, 4.69) is 13.8 Å². The van der Waals surface area contributed by atoms with E-state index in [1.165, 1.54) is 0 Å². The van der Waals surface area contributed by atoms with Gasteiger partial charge in [0.25, 0.3) is 0 Å². The summed E-state index contributed by atoms with van der Waals surface area (Å²) in [6.07, 6.45) is 1.99. The van der Waals surface area contributed by atoms with E-state index in [9.17, 15) is 9.59 Å². The fourth-order valence-electron chi connectivity index (χ4n) is 3.04. The topological polar surface area (TPSA) is 34.1 Å². The van der Waals surface area contributed by atoms with Crippen molar-refractivity contribution in [2.45, 2.75) is 40.0 Å². The molecule has 2 aliphatic carbocycles. The molecule has 0 saturated heterocycles. The minimum atomic E-state index is -0.231. The van der Waals surface area contributed by atoms with Crippen molar-refractivity contribution >= 4 is 11.6 Å². The van der Waals surface area contributed by atoms with Crippen LogP contribution >= 0.6 is 0 Å². The van der Waals surface area contributed by atoms with Gasteiger partial charge >= 0.3 is 0 Å². The maximum absolute atomic E-state index is 11.8. The van der Waals surface area contributed by atoms with Crippen molar-refractivity contribution in [3.05, 3.63) is 0 Å². The Morgan fingerprint density at radius 3 is 2.46 bits per heavy atom. The third kappa shape index (κ3) is 0.839. The number of hydrogen-bond acceptors (Lipinski definition) is 2. The van der Waals surface area contributed by atoms with Crippen molar-refractivity contribution < 1.29 is 9.59 Å². The van der Waals surface area contributed by atoms with Crippen LogP contribution < -0.4 is 0 Å². The van der Waals surface area contributed by atoms with E-state index in [1.807, 2.05) is 6.92 Å². The number of hydrogen-bond donors (Lipinski definition) is 0. The molecular formula is C11H16O2. The third-order valence-corrected chi connectivity index (χ3v) is 4.57. The van der Waals surface area contributed by atoms with Crippen molar-refractivity contribution in [1.29, 1.82) is 0 Å². The maximum atomic E-state index is 11.8. The van der Waals surface area contributed by atoms with Gasteiger partial charge in [0.15, 0.2) is 0 Å². The van der Waals surface area contributed by atoms with Crippen molar-refractivity contribution in [3.8, 4) is 0 Å². The molecule has 2 heteroatoms. The fraction of sp³-hybridized carbons (Fsp3) is 0.818. The zero-order chi connectivity index (χ0) is 9.85. The smallest absolute Gasteiger partial charge is 0.146 e. The molecular weight excluding hydrogens is 164 g/mol. The highest BCUT2D eigenvalue weighted by Crippen LogP contribution is 2.59. The fourth-order valence-corrected chi connectivity index (χ4v) is 3.04. The molecule has 0 N–H and O–H groups in total. The summed E-state index contributed by atoms with van der Waals surface area (Å²) in [5, 5.41) is 0. The average Bonchev–Trinajstić information content (AvgIpc) is 2.16. The Bertz CT molecular complexity index is 290. The molecule has 0 unspecified atom stereocenters.